The first-order valence-corrected chi connectivity index (χ1v) is 12.0. The van der Waals surface area contributed by atoms with Gasteiger partial charge in [-0.2, -0.15) is 0 Å². The van der Waals surface area contributed by atoms with Gasteiger partial charge in [0, 0.05) is 11.9 Å². The number of amides is 1. The van der Waals surface area contributed by atoms with Crippen molar-refractivity contribution in [3.8, 4) is 11.5 Å². The van der Waals surface area contributed by atoms with E-state index >= 15 is 0 Å². The normalized spacial score (nSPS) is 10.9. The molecule has 1 amide bonds. The highest BCUT2D eigenvalue weighted by Gasteiger charge is 2.12. The second-order valence-electron chi connectivity index (χ2n) is 7.69. The highest BCUT2D eigenvalue weighted by molar-refractivity contribution is 9.10. The van der Waals surface area contributed by atoms with Gasteiger partial charge in [0.1, 0.15) is 12.4 Å². The Kier molecular flexibility index (Phi) is 8.36. The van der Waals surface area contributed by atoms with Gasteiger partial charge in [-0.3, -0.25) is 9.79 Å². The van der Waals surface area contributed by atoms with Crippen molar-refractivity contribution in [2.24, 2.45) is 4.99 Å². The fourth-order valence-electron chi connectivity index (χ4n) is 3.31. The van der Waals surface area contributed by atoms with Gasteiger partial charge in [0.25, 0.3) is 5.91 Å². The Balaban J connectivity index is 1.42. The van der Waals surface area contributed by atoms with Crippen molar-refractivity contribution in [2.75, 3.05) is 12.4 Å². The third kappa shape index (κ3) is 6.50. The van der Waals surface area contributed by atoms with Crippen molar-refractivity contribution >= 4 is 51.0 Å². The van der Waals surface area contributed by atoms with Gasteiger partial charge in [0.2, 0.25) is 0 Å². The summed E-state index contributed by atoms with van der Waals surface area (Å²) < 4.78 is 25.2. The predicted octanol–water partition coefficient (Wildman–Crippen LogP) is 7.83. The highest BCUT2D eigenvalue weighted by atomic mass is 79.9. The SMILES string of the molecule is COc1cc(C=Nc2ccc(NC(=O)c3ccccc3Cl)cc2)cc(Br)c1OCc1ccc(F)cc1. The van der Waals surface area contributed by atoms with Crippen molar-refractivity contribution in [1.82, 2.24) is 0 Å². The predicted molar refractivity (Wildman–Crippen MR) is 145 cm³/mol. The molecule has 0 fully saturated rings. The molecular formula is C28H21BrClFN2O3. The molecule has 0 aliphatic rings. The van der Waals surface area contributed by atoms with Crippen molar-refractivity contribution in [2.45, 2.75) is 6.61 Å². The number of carbonyl (C=O) groups excluding carboxylic acids is 1. The molecule has 0 heterocycles. The number of rotatable bonds is 8. The minimum absolute atomic E-state index is 0.266. The van der Waals surface area contributed by atoms with E-state index in [1.807, 2.05) is 12.1 Å². The highest BCUT2D eigenvalue weighted by Crippen LogP contribution is 2.37. The van der Waals surface area contributed by atoms with Crippen LogP contribution in [0.5, 0.6) is 11.5 Å². The lowest BCUT2D eigenvalue weighted by Crippen LogP contribution is -2.12. The maximum Gasteiger partial charge on any atom is 0.257 e. The molecule has 0 aliphatic carbocycles. The van der Waals surface area contributed by atoms with E-state index in [1.54, 1.807) is 74.0 Å². The summed E-state index contributed by atoms with van der Waals surface area (Å²) in [6.07, 6.45) is 1.70. The van der Waals surface area contributed by atoms with Gasteiger partial charge in [-0.15, -0.1) is 0 Å². The monoisotopic (exact) mass is 566 g/mol. The maximum atomic E-state index is 13.1. The Labute approximate surface area is 221 Å². The lowest BCUT2D eigenvalue weighted by molar-refractivity contribution is 0.102. The van der Waals surface area contributed by atoms with E-state index < -0.39 is 0 Å². The molecule has 0 spiro atoms. The van der Waals surface area contributed by atoms with Crippen LogP contribution >= 0.6 is 27.5 Å². The van der Waals surface area contributed by atoms with Crippen LogP contribution in [0.4, 0.5) is 15.8 Å². The third-order valence-electron chi connectivity index (χ3n) is 5.15. The standard InChI is InChI=1S/C28H21BrClFN2O3/c1-35-26-15-19(14-24(29)27(26)36-17-18-6-8-20(31)9-7-18)16-32-21-10-12-22(13-11-21)33-28(34)23-4-2-3-5-25(23)30/h2-16H,17H2,1H3,(H,33,34). The van der Waals surface area contributed by atoms with Gasteiger partial charge in [-0.25, -0.2) is 4.39 Å². The van der Waals surface area contributed by atoms with Crippen LogP contribution in [0.3, 0.4) is 0 Å². The summed E-state index contributed by atoms with van der Waals surface area (Å²) in [5.74, 6) is 0.497. The molecule has 0 unspecified atom stereocenters. The Morgan fingerprint density at radius 1 is 1.06 bits per heavy atom. The Bertz CT molecular complexity index is 1390. The number of nitrogens with one attached hydrogen (secondary N) is 1. The second-order valence-corrected chi connectivity index (χ2v) is 8.95. The van der Waals surface area contributed by atoms with E-state index in [0.717, 1.165) is 11.1 Å². The number of carbonyl (C=O) groups is 1. The van der Waals surface area contributed by atoms with Crippen LogP contribution in [-0.2, 0) is 6.61 Å². The summed E-state index contributed by atoms with van der Waals surface area (Å²) in [5.41, 5.74) is 3.38. The lowest BCUT2D eigenvalue weighted by atomic mass is 10.2. The molecule has 0 bridgehead atoms. The van der Waals surface area contributed by atoms with Crippen molar-refractivity contribution in [3.05, 3.63) is 117 Å². The number of halogens is 3. The largest absolute Gasteiger partial charge is 0.493 e. The quantitative estimate of drug-likeness (QED) is 0.221. The topological polar surface area (TPSA) is 59.9 Å². The first-order valence-electron chi connectivity index (χ1n) is 10.9. The molecule has 36 heavy (non-hydrogen) atoms. The second kappa shape index (κ2) is 11.8. The van der Waals surface area contributed by atoms with E-state index in [2.05, 4.69) is 26.2 Å². The average molecular weight is 568 g/mol. The van der Waals surface area contributed by atoms with E-state index in [0.29, 0.717) is 37.9 Å². The molecule has 8 heteroatoms. The van der Waals surface area contributed by atoms with Gasteiger partial charge in [0.05, 0.1) is 27.9 Å². The fourth-order valence-corrected chi connectivity index (χ4v) is 4.11. The van der Waals surface area contributed by atoms with Crippen LogP contribution in [0.1, 0.15) is 21.5 Å². The van der Waals surface area contributed by atoms with Crippen LogP contribution < -0.4 is 14.8 Å². The van der Waals surface area contributed by atoms with Gasteiger partial charge in [-0.1, -0.05) is 35.9 Å². The Hall–Kier alpha value is -3.68. The molecule has 0 radical (unpaired) electrons. The number of ether oxygens (including phenoxy) is 2. The van der Waals surface area contributed by atoms with Crippen molar-refractivity contribution < 1.29 is 18.7 Å². The van der Waals surface area contributed by atoms with Crippen LogP contribution in [0.25, 0.3) is 0 Å². The van der Waals surface area contributed by atoms with Crippen LogP contribution in [0.15, 0.2) is 94.4 Å². The molecule has 0 saturated heterocycles. The van der Waals surface area contributed by atoms with Gasteiger partial charge in [0.15, 0.2) is 11.5 Å². The minimum atomic E-state index is -0.294. The zero-order valence-electron chi connectivity index (χ0n) is 19.2. The minimum Gasteiger partial charge on any atom is -0.493 e. The number of nitrogens with zero attached hydrogens (tertiary/aromatic N) is 1. The number of benzene rings is 4. The zero-order chi connectivity index (χ0) is 25.5. The molecule has 4 aromatic rings. The summed E-state index contributed by atoms with van der Waals surface area (Å²) in [6, 6.07) is 23.8. The van der Waals surface area contributed by atoms with Crippen LogP contribution in [-0.4, -0.2) is 19.2 Å². The molecule has 1 N–H and O–H groups in total. The lowest BCUT2D eigenvalue weighted by Gasteiger charge is -2.13. The number of aliphatic imine (C=N–C) groups is 1. The van der Waals surface area contributed by atoms with E-state index in [4.69, 9.17) is 21.1 Å². The third-order valence-corrected chi connectivity index (χ3v) is 6.07. The molecule has 0 aromatic heterocycles. The number of anilines is 1. The van der Waals surface area contributed by atoms with Crippen molar-refractivity contribution in [1.29, 1.82) is 0 Å². The molecule has 182 valence electrons. The molecule has 4 rings (SSSR count). The van der Waals surface area contributed by atoms with Crippen LogP contribution in [0, 0.1) is 5.82 Å². The zero-order valence-corrected chi connectivity index (χ0v) is 21.5. The van der Waals surface area contributed by atoms with E-state index in [9.17, 15) is 9.18 Å². The Morgan fingerprint density at radius 2 is 1.78 bits per heavy atom. The Morgan fingerprint density at radius 3 is 2.47 bits per heavy atom. The van der Waals surface area contributed by atoms with E-state index in [-0.39, 0.29) is 18.3 Å². The smallest absolute Gasteiger partial charge is 0.257 e. The van der Waals surface area contributed by atoms with Crippen LogP contribution in [0.2, 0.25) is 5.02 Å². The van der Waals surface area contributed by atoms with Gasteiger partial charge < -0.3 is 14.8 Å². The molecular weight excluding hydrogens is 547 g/mol. The fraction of sp³-hybridized carbons (Fsp3) is 0.0714. The first kappa shape index (κ1) is 25.4. The van der Waals surface area contributed by atoms with Crippen molar-refractivity contribution in [3.63, 3.8) is 0 Å². The number of hydrogen-bond donors (Lipinski definition) is 1. The summed E-state index contributed by atoms with van der Waals surface area (Å²) in [4.78, 5) is 16.9. The maximum absolute atomic E-state index is 13.1. The average Bonchev–Trinajstić information content (AvgIpc) is 2.88. The molecule has 0 saturated carbocycles. The first-order chi connectivity index (χ1) is 17.4. The summed E-state index contributed by atoms with van der Waals surface area (Å²) in [7, 11) is 1.56. The van der Waals surface area contributed by atoms with Gasteiger partial charge >= 0.3 is 0 Å². The number of hydrogen-bond acceptors (Lipinski definition) is 4. The molecule has 0 atom stereocenters. The summed E-state index contributed by atoms with van der Waals surface area (Å²) in [5, 5.41) is 3.22. The summed E-state index contributed by atoms with van der Waals surface area (Å²) >= 11 is 9.62. The molecule has 0 aliphatic heterocycles. The molecule has 5 nitrogen and oxygen atoms in total. The van der Waals surface area contributed by atoms with E-state index in [1.165, 1.54) is 12.1 Å². The molecule has 4 aromatic carbocycles. The van der Waals surface area contributed by atoms with Gasteiger partial charge in [-0.05, 0) is 87.7 Å². The summed E-state index contributed by atoms with van der Waals surface area (Å²) in [6.45, 7) is 0.266. The number of methoxy groups -OCH3 is 1.